The van der Waals surface area contributed by atoms with Gasteiger partial charge in [-0.1, -0.05) is 39.3 Å². The van der Waals surface area contributed by atoms with Crippen LogP contribution in [0, 0.1) is 11.8 Å². The Balaban J connectivity index is 1.82. The van der Waals surface area contributed by atoms with Crippen LogP contribution in [-0.4, -0.2) is 26.6 Å². The molecule has 108 valence electrons. The first kappa shape index (κ1) is 13.8. The molecule has 5 atom stereocenters. The minimum Gasteiger partial charge on any atom is -0.413 e. The van der Waals surface area contributed by atoms with Crippen molar-refractivity contribution in [2.24, 2.45) is 11.8 Å². The van der Waals surface area contributed by atoms with E-state index in [1.165, 1.54) is 19.3 Å². The predicted octanol–water partition coefficient (Wildman–Crippen LogP) is 4.13. The van der Waals surface area contributed by atoms with Gasteiger partial charge in [-0.25, -0.2) is 0 Å². The third kappa shape index (κ3) is 2.24. The molecule has 4 bridgehead atoms. The van der Waals surface area contributed by atoms with E-state index in [0.29, 0.717) is 35.2 Å². The second-order valence-corrected chi connectivity index (χ2v) is 12.8. The highest BCUT2D eigenvalue weighted by atomic mass is 28.4. The van der Waals surface area contributed by atoms with Gasteiger partial charge >= 0.3 is 0 Å². The van der Waals surface area contributed by atoms with Gasteiger partial charge in [-0.3, -0.25) is 0 Å². The summed E-state index contributed by atoms with van der Waals surface area (Å²) in [7, 11) is -1.67. The summed E-state index contributed by atoms with van der Waals surface area (Å²) in [6.45, 7) is 11.8. The van der Waals surface area contributed by atoms with Crippen molar-refractivity contribution in [3.8, 4) is 0 Å². The van der Waals surface area contributed by atoms with Crippen molar-refractivity contribution in [2.75, 3.05) is 0 Å². The molecule has 0 radical (unpaired) electrons. The standard InChI is InChI=1S/C16H28O2Si/c1-16(2,3)19(4,5)18-15-11-7-6-8-12(15)14-10-9-13(11)17-14/h9-15H,6-8H2,1-5H3/t11-,12+,13-,14+,15?. The number of fused-ring (bicyclic) bond motifs is 6. The highest BCUT2D eigenvalue weighted by Crippen LogP contribution is 2.48. The Morgan fingerprint density at radius 1 is 1.05 bits per heavy atom. The largest absolute Gasteiger partial charge is 0.413 e. The summed E-state index contributed by atoms with van der Waals surface area (Å²) in [5.41, 5.74) is 0. The molecule has 0 aromatic heterocycles. The molecule has 2 nitrogen and oxygen atoms in total. The van der Waals surface area contributed by atoms with Gasteiger partial charge in [0.15, 0.2) is 8.32 Å². The van der Waals surface area contributed by atoms with Crippen LogP contribution in [0.3, 0.4) is 0 Å². The Morgan fingerprint density at radius 3 is 2.05 bits per heavy atom. The van der Waals surface area contributed by atoms with E-state index in [1.54, 1.807) is 0 Å². The maximum atomic E-state index is 6.81. The van der Waals surface area contributed by atoms with Crippen LogP contribution in [0.15, 0.2) is 12.2 Å². The molecule has 3 rings (SSSR count). The van der Waals surface area contributed by atoms with Gasteiger partial charge in [-0.05, 0) is 31.0 Å². The number of ether oxygens (including phenoxy) is 1. The van der Waals surface area contributed by atoms with Crippen LogP contribution < -0.4 is 0 Å². The van der Waals surface area contributed by atoms with Crippen molar-refractivity contribution in [1.82, 2.24) is 0 Å². The summed E-state index contributed by atoms with van der Waals surface area (Å²) >= 11 is 0. The zero-order valence-corrected chi connectivity index (χ0v) is 14.0. The maximum Gasteiger partial charge on any atom is 0.192 e. The van der Waals surface area contributed by atoms with Crippen LogP contribution in [0.4, 0.5) is 0 Å². The fourth-order valence-corrected chi connectivity index (χ4v) is 4.99. The summed E-state index contributed by atoms with van der Waals surface area (Å²) in [6.07, 6.45) is 9.59. The summed E-state index contributed by atoms with van der Waals surface area (Å²) < 4.78 is 12.9. The Bertz CT molecular complexity index is 363. The van der Waals surface area contributed by atoms with E-state index >= 15 is 0 Å². The molecular formula is C16H28O2Si. The quantitative estimate of drug-likeness (QED) is 0.559. The molecule has 2 aliphatic heterocycles. The Labute approximate surface area is 118 Å². The SMILES string of the molecule is CC(C)(C)[Si](C)(C)OC1[C@H]2CCC[C@@H]1[C@H]1C=C[C@@H]2O1. The first-order chi connectivity index (χ1) is 8.79. The molecule has 0 aromatic carbocycles. The van der Waals surface area contributed by atoms with Crippen molar-refractivity contribution in [3.63, 3.8) is 0 Å². The smallest absolute Gasteiger partial charge is 0.192 e. The molecule has 3 aliphatic rings. The van der Waals surface area contributed by atoms with Gasteiger partial charge in [0.1, 0.15) is 0 Å². The van der Waals surface area contributed by atoms with Gasteiger partial charge < -0.3 is 9.16 Å². The molecule has 0 N–H and O–H groups in total. The Hall–Kier alpha value is -0.123. The normalized spacial score (nSPS) is 41.6. The lowest BCUT2D eigenvalue weighted by Crippen LogP contribution is -2.56. The number of rotatable bonds is 2. The molecule has 2 heterocycles. The van der Waals surface area contributed by atoms with E-state index < -0.39 is 8.32 Å². The second kappa shape index (κ2) is 4.44. The van der Waals surface area contributed by atoms with Gasteiger partial charge in [0.25, 0.3) is 0 Å². The van der Waals surface area contributed by atoms with Crippen LogP contribution in [0.1, 0.15) is 40.0 Å². The lowest BCUT2D eigenvalue weighted by molar-refractivity contribution is -0.141. The summed E-state index contributed by atoms with van der Waals surface area (Å²) in [5.74, 6) is 1.20. The predicted molar refractivity (Wildman–Crippen MR) is 80.7 cm³/mol. The highest BCUT2D eigenvalue weighted by Gasteiger charge is 2.52. The molecule has 2 fully saturated rings. The number of hydrogen-bond acceptors (Lipinski definition) is 2. The second-order valence-electron chi connectivity index (χ2n) is 8.05. The fourth-order valence-electron chi connectivity index (χ4n) is 3.61. The third-order valence-corrected chi connectivity index (χ3v) is 10.3. The molecule has 1 saturated heterocycles. The lowest BCUT2D eigenvalue weighted by Gasteiger charge is -2.51. The van der Waals surface area contributed by atoms with Gasteiger partial charge in [0, 0.05) is 11.8 Å². The molecular weight excluding hydrogens is 252 g/mol. The van der Waals surface area contributed by atoms with Crippen molar-refractivity contribution >= 4 is 8.32 Å². The van der Waals surface area contributed by atoms with Gasteiger partial charge in [0.2, 0.25) is 0 Å². The van der Waals surface area contributed by atoms with Crippen LogP contribution in [-0.2, 0) is 9.16 Å². The van der Waals surface area contributed by atoms with E-state index in [4.69, 9.17) is 9.16 Å². The van der Waals surface area contributed by atoms with E-state index in [0.717, 1.165) is 0 Å². The molecule has 0 aromatic rings. The monoisotopic (exact) mass is 280 g/mol. The van der Waals surface area contributed by atoms with Crippen molar-refractivity contribution in [3.05, 3.63) is 12.2 Å². The molecule has 0 amide bonds. The molecule has 1 unspecified atom stereocenters. The first-order valence-electron chi connectivity index (χ1n) is 7.81. The summed E-state index contributed by atoms with van der Waals surface area (Å²) in [5, 5.41) is 0.298. The molecule has 0 spiro atoms. The fraction of sp³-hybridized carbons (Fsp3) is 0.875. The first-order valence-corrected chi connectivity index (χ1v) is 10.7. The van der Waals surface area contributed by atoms with Gasteiger partial charge in [-0.2, -0.15) is 0 Å². The lowest BCUT2D eigenvalue weighted by atomic mass is 9.74. The molecule has 3 heteroatoms. The summed E-state index contributed by atoms with van der Waals surface area (Å²) in [6, 6.07) is 0. The van der Waals surface area contributed by atoms with Gasteiger partial charge in [0.05, 0.1) is 18.3 Å². The van der Waals surface area contributed by atoms with Crippen LogP contribution >= 0.6 is 0 Å². The Morgan fingerprint density at radius 2 is 1.58 bits per heavy atom. The van der Waals surface area contributed by atoms with Crippen LogP contribution in [0.2, 0.25) is 18.1 Å². The van der Waals surface area contributed by atoms with E-state index in [2.05, 4.69) is 46.0 Å². The minimum atomic E-state index is -1.67. The van der Waals surface area contributed by atoms with Crippen molar-refractivity contribution < 1.29 is 9.16 Å². The summed E-state index contributed by atoms with van der Waals surface area (Å²) in [4.78, 5) is 0. The van der Waals surface area contributed by atoms with Gasteiger partial charge in [-0.15, -0.1) is 0 Å². The van der Waals surface area contributed by atoms with E-state index in [-0.39, 0.29) is 0 Å². The highest BCUT2D eigenvalue weighted by molar-refractivity contribution is 6.74. The van der Waals surface area contributed by atoms with Crippen molar-refractivity contribution in [1.29, 1.82) is 0 Å². The Kier molecular flexibility index (Phi) is 3.23. The zero-order valence-electron chi connectivity index (χ0n) is 13.0. The molecule has 1 saturated carbocycles. The molecule has 1 aliphatic carbocycles. The topological polar surface area (TPSA) is 18.5 Å². The van der Waals surface area contributed by atoms with Crippen molar-refractivity contribution in [2.45, 2.75) is 76.5 Å². The van der Waals surface area contributed by atoms with E-state index in [1.807, 2.05) is 0 Å². The average molecular weight is 280 g/mol. The van der Waals surface area contributed by atoms with Crippen LogP contribution in [0.25, 0.3) is 0 Å². The van der Waals surface area contributed by atoms with Crippen LogP contribution in [0.5, 0.6) is 0 Å². The molecule has 19 heavy (non-hydrogen) atoms. The maximum absolute atomic E-state index is 6.81. The number of hydrogen-bond donors (Lipinski definition) is 0. The average Bonchev–Trinajstić information content (AvgIpc) is 2.72. The minimum absolute atomic E-state index is 0.298. The van der Waals surface area contributed by atoms with E-state index in [9.17, 15) is 0 Å². The third-order valence-electron chi connectivity index (χ3n) is 5.80. The zero-order chi connectivity index (χ0) is 13.8.